The van der Waals surface area contributed by atoms with E-state index in [0.717, 1.165) is 0 Å². The molecule has 0 aliphatic carbocycles. The Morgan fingerprint density at radius 3 is 1.33 bits per heavy atom. The van der Waals surface area contributed by atoms with Gasteiger partial charge in [-0.1, -0.05) is 13.1 Å². The van der Waals surface area contributed by atoms with Crippen molar-refractivity contribution in [1.29, 1.82) is 0 Å². The van der Waals surface area contributed by atoms with Gasteiger partial charge in [-0.15, -0.1) is 0 Å². The van der Waals surface area contributed by atoms with E-state index in [1.54, 1.807) is 0 Å². The van der Waals surface area contributed by atoms with E-state index in [4.69, 9.17) is 10.2 Å². The molecule has 0 fully saturated rings. The highest BCUT2D eigenvalue weighted by atomic mass is 28.3. The van der Waals surface area contributed by atoms with E-state index < -0.39 is 26.5 Å². The predicted molar refractivity (Wildman–Crippen MR) is 49.3 cm³/mol. The van der Waals surface area contributed by atoms with E-state index in [1.807, 2.05) is 0 Å². The van der Waals surface area contributed by atoms with Crippen LogP contribution in [0, 0.1) is 0 Å². The number of hydrogen-bond donors (Lipinski definition) is 2. The first-order chi connectivity index (χ1) is 6.57. The minimum absolute atomic E-state index is 0.558. The maximum absolute atomic E-state index is 11.2. The molecular weight excluding hydrogens is 233 g/mol. The number of hydrogen-bond acceptors (Lipinski definition) is 2. The fourth-order valence-electron chi connectivity index (χ4n) is 0.143. The number of alkyl halides is 3. The van der Waals surface area contributed by atoms with Crippen molar-refractivity contribution in [2.24, 2.45) is 0 Å². The summed E-state index contributed by atoms with van der Waals surface area (Å²) in [5.74, 6) is -6.38. The molecule has 0 heterocycles. The zero-order chi connectivity index (χ0) is 12.6. The quantitative estimate of drug-likeness (QED) is 0.567. The first-order valence-corrected chi connectivity index (χ1v) is 6.66. The Balaban J connectivity index is 0. The highest BCUT2D eigenvalue weighted by Crippen LogP contribution is 2.17. The number of carbonyl (C=O) groups is 2. The second-order valence-corrected chi connectivity index (χ2v) is 5.67. The maximum atomic E-state index is 11.2. The van der Waals surface area contributed by atoms with Gasteiger partial charge < -0.3 is 10.2 Å². The number of aliphatic carboxylic acids is 2. The van der Waals surface area contributed by atoms with E-state index in [1.165, 1.54) is 13.1 Å². The summed E-state index contributed by atoms with van der Waals surface area (Å²) in [5.41, 5.74) is 0. The Morgan fingerprint density at radius 1 is 1.07 bits per heavy atom. The highest BCUT2D eigenvalue weighted by Gasteiger charge is 2.32. The molecule has 2 N–H and O–H groups in total. The van der Waals surface area contributed by atoms with Crippen LogP contribution in [0.1, 0.15) is 0 Å². The van der Waals surface area contributed by atoms with Crippen LogP contribution < -0.4 is 0 Å². The largest absolute Gasteiger partial charge is 0.478 e. The van der Waals surface area contributed by atoms with Crippen molar-refractivity contribution >= 4 is 20.7 Å². The van der Waals surface area contributed by atoms with Gasteiger partial charge >= 0.3 is 17.7 Å². The molecule has 0 rings (SSSR count). The second-order valence-electron chi connectivity index (χ2n) is 2.71. The molecule has 8 heteroatoms. The van der Waals surface area contributed by atoms with Gasteiger partial charge in [0.25, 0.3) is 0 Å². The summed E-state index contributed by atoms with van der Waals surface area (Å²) in [6, 6.07) is 0. The molecule has 88 valence electrons. The van der Waals surface area contributed by atoms with Crippen LogP contribution in [0.25, 0.3) is 0 Å². The van der Waals surface area contributed by atoms with Gasteiger partial charge in [-0.3, -0.25) is 0 Å². The third kappa shape index (κ3) is 15.4. The molecule has 4 nitrogen and oxygen atoms in total. The minimum atomic E-state index is -3.86. The van der Waals surface area contributed by atoms with E-state index in [2.05, 4.69) is 0 Å². The van der Waals surface area contributed by atoms with Gasteiger partial charge in [-0.2, -0.15) is 13.2 Å². The number of carboxylic acid groups (broad SMARTS) is 2. The summed E-state index contributed by atoms with van der Waals surface area (Å²) in [5, 5.41) is 15.6. The normalized spacial score (nSPS) is 11.1. The maximum Gasteiger partial charge on any atom is 0.357 e. The van der Waals surface area contributed by atoms with Gasteiger partial charge in [0, 0.05) is 12.2 Å². The molecule has 0 unspecified atom stereocenters. The minimum Gasteiger partial charge on any atom is -0.478 e. The highest BCUT2D eigenvalue weighted by molar-refractivity contribution is 6.57. The van der Waals surface area contributed by atoms with Crippen molar-refractivity contribution in [3.05, 3.63) is 12.2 Å². The van der Waals surface area contributed by atoms with Gasteiger partial charge in [0.05, 0.1) is 0 Å². The SMILES string of the molecule is C[SiH](C)C(F)(F)F.O=C(O)/C=C\C(=O)O. The third-order valence-electron chi connectivity index (χ3n) is 1.02. The molecule has 0 saturated carbocycles. The zero-order valence-corrected chi connectivity index (χ0v) is 9.23. The van der Waals surface area contributed by atoms with Crippen LogP contribution in [0.5, 0.6) is 0 Å². The fraction of sp³-hybridized carbons (Fsp3) is 0.429. The number of halogens is 3. The lowest BCUT2D eigenvalue weighted by molar-refractivity contribution is -0.134. The van der Waals surface area contributed by atoms with E-state index >= 15 is 0 Å². The molecular formula is C7H11F3O4Si. The van der Waals surface area contributed by atoms with Crippen molar-refractivity contribution in [1.82, 2.24) is 0 Å². The predicted octanol–water partition coefficient (Wildman–Crippen LogP) is 1.29. The molecule has 0 aliphatic rings. The monoisotopic (exact) mass is 244 g/mol. The lowest BCUT2D eigenvalue weighted by Gasteiger charge is -2.06. The Bertz CT molecular complexity index is 231. The summed E-state index contributed by atoms with van der Waals surface area (Å²) in [4.78, 5) is 19.1. The van der Waals surface area contributed by atoms with Gasteiger partial charge in [0.2, 0.25) is 0 Å². The first kappa shape index (κ1) is 16.1. The topological polar surface area (TPSA) is 74.6 Å². The molecule has 0 aliphatic heterocycles. The van der Waals surface area contributed by atoms with Crippen LogP contribution in [0.15, 0.2) is 12.2 Å². The van der Waals surface area contributed by atoms with Gasteiger partial charge in [0.15, 0.2) is 8.80 Å². The van der Waals surface area contributed by atoms with E-state index in [9.17, 15) is 22.8 Å². The lowest BCUT2D eigenvalue weighted by Crippen LogP contribution is -2.26. The Hall–Kier alpha value is -1.31. The summed E-state index contributed by atoms with van der Waals surface area (Å²) >= 11 is 0. The van der Waals surface area contributed by atoms with Crippen molar-refractivity contribution in [3.8, 4) is 0 Å². The summed E-state index contributed by atoms with van der Waals surface area (Å²) in [6.45, 7) is 2.53. The van der Waals surface area contributed by atoms with Crippen LogP contribution in [0.2, 0.25) is 13.1 Å². The summed E-state index contributed by atoms with van der Waals surface area (Å²) in [7, 11) is -2.36. The Morgan fingerprint density at radius 2 is 1.27 bits per heavy atom. The lowest BCUT2D eigenvalue weighted by atomic mass is 10.5. The number of carboxylic acids is 2. The van der Waals surface area contributed by atoms with Crippen LogP contribution in [0.3, 0.4) is 0 Å². The average molecular weight is 244 g/mol. The number of rotatable bonds is 2. The first-order valence-electron chi connectivity index (χ1n) is 3.78. The molecule has 0 atom stereocenters. The summed E-state index contributed by atoms with van der Waals surface area (Å²) < 4.78 is 33.7. The van der Waals surface area contributed by atoms with E-state index in [-0.39, 0.29) is 0 Å². The van der Waals surface area contributed by atoms with Crippen molar-refractivity contribution in [2.75, 3.05) is 0 Å². The van der Waals surface area contributed by atoms with Gasteiger partial charge in [-0.25, -0.2) is 9.59 Å². The van der Waals surface area contributed by atoms with Crippen molar-refractivity contribution in [2.45, 2.75) is 18.9 Å². The third-order valence-corrected chi connectivity index (χ3v) is 2.33. The van der Waals surface area contributed by atoms with Crippen molar-refractivity contribution in [3.63, 3.8) is 0 Å². The molecule has 15 heavy (non-hydrogen) atoms. The zero-order valence-electron chi connectivity index (χ0n) is 8.08. The smallest absolute Gasteiger partial charge is 0.357 e. The molecule has 0 aromatic rings. The van der Waals surface area contributed by atoms with Gasteiger partial charge in [-0.05, 0) is 0 Å². The second kappa shape index (κ2) is 7.04. The van der Waals surface area contributed by atoms with Crippen molar-refractivity contribution < 1.29 is 33.0 Å². The standard InChI is InChI=1S/C4H4O4.C3H7F3Si/c5-3(6)1-2-4(7)8;1-7(2)3(4,5)6/h1-2H,(H,5,6)(H,7,8);7H,1-2H3/b2-1-;. The molecule has 0 spiro atoms. The molecule has 0 radical (unpaired) electrons. The Kier molecular flexibility index (Phi) is 7.57. The van der Waals surface area contributed by atoms with E-state index in [0.29, 0.717) is 12.2 Å². The fourth-order valence-corrected chi connectivity index (χ4v) is 0.143. The molecule has 0 aromatic carbocycles. The molecule has 0 aromatic heterocycles. The average Bonchev–Trinajstić information content (AvgIpc) is 2.00. The van der Waals surface area contributed by atoms with Crippen LogP contribution in [0.4, 0.5) is 13.2 Å². The van der Waals surface area contributed by atoms with Crippen LogP contribution >= 0.6 is 0 Å². The molecule has 0 amide bonds. The summed E-state index contributed by atoms with van der Waals surface area (Å²) in [6.07, 6.45) is 1.12. The van der Waals surface area contributed by atoms with Gasteiger partial charge in [0.1, 0.15) is 0 Å². The molecule has 0 bridgehead atoms. The van der Waals surface area contributed by atoms with Crippen LogP contribution in [-0.4, -0.2) is 36.7 Å². The molecule has 0 saturated heterocycles. The Labute approximate surface area is 85.6 Å². The van der Waals surface area contributed by atoms with Crippen LogP contribution in [-0.2, 0) is 9.59 Å².